The van der Waals surface area contributed by atoms with Gasteiger partial charge in [0, 0.05) is 11.8 Å². The summed E-state index contributed by atoms with van der Waals surface area (Å²) in [5.41, 5.74) is 0.290. The Kier molecular flexibility index (Phi) is 3.15. The second-order valence-corrected chi connectivity index (χ2v) is 3.70. The van der Waals surface area contributed by atoms with Crippen LogP contribution in [0.15, 0.2) is 23.0 Å². The smallest absolute Gasteiger partial charge is 0.267 e. The summed E-state index contributed by atoms with van der Waals surface area (Å²) in [6.07, 6.45) is 1.60. The lowest BCUT2D eigenvalue weighted by Crippen LogP contribution is -2.11. The molecule has 2 rings (SSSR count). The average Bonchev–Trinajstić information content (AvgIpc) is 2.32. The summed E-state index contributed by atoms with van der Waals surface area (Å²) in [6.45, 7) is 0. The zero-order valence-electron chi connectivity index (χ0n) is 9.03. The van der Waals surface area contributed by atoms with Gasteiger partial charge in [0.2, 0.25) is 0 Å². The molecule has 0 atom stereocenters. The molecule has 0 saturated carbocycles. The first-order chi connectivity index (χ1) is 8.22. The average molecular weight is 231 g/mol. The molecule has 4 nitrogen and oxygen atoms in total. The number of unbranched alkanes of at least 4 members (excludes halogenated alkanes) is 1. The first-order valence-electron chi connectivity index (χ1n) is 5.26. The van der Waals surface area contributed by atoms with E-state index in [0.717, 1.165) is 0 Å². The van der Waals surface area contributed by atoms with E-state index < -0.39 is 5.82 Å². The van der Waals surface area contributed by atoms with Gasteiger partial charge in [-0.05, 0) is 31.0 Å². The molecule has 5 heteroatoms. The predicted octanol–water partition coefficient (Wildman–Crippen LogP) is 1.91. The van der Waals surface area contributed by atoms with Crippen LogP contribution in [0.1, 0.15) is 18.5 Å². The van der Waals surface area contributed by atoms with E-state index >= 15 is 0 Å². The Morgan fingerprint density at radius 3 is 3.00 bits per heavy atom. The summed E-state index contributed by atoms with van der Waals surface area (Å²) in [6, 6.07) is 6.03. The maximum atomic E-state index is 13.1. The quantitative estimate of drug-likeness (QED) is 0.820. The van der Waals surface area contributed by atoms with E-state index in [2.05, 4.69) is 10.2 Å². The Bertz CT molecular complexity index is 642. The number of benzene rings is 1. The van der Waals surface area contributed by atoms with Gasteiger partial charge in [-0.25, -0.2) is 9.49 Å². The monoisotopic (exact) mass is 231 g/mol. The van der Waals surface area contributed by atoms with Gasteiger partial charge in [-0.15, -0.1) is 0 Å². The molecule has 1 aromatic carbocycles. The van der Waals surface area contributed by atoms with E-state index in [4.69, 9.17) is 5.26 Å². The molecule has 0 aliphatic rings. The first-order valence-corrected chi connectivity index (χ1v) is 5.26. The number of nitrogens with one attached hydrogen (secondary N) is 1. The summed E-state index contributed by atoms with van der Waals surface area (Å²) < 4.78 is 13.1. The van der Waals surface area contributed by atoms with Gasteiger partial charge in [0.05, 0.1) is 17.1 Å². The standard InChI is InChI=1S/C12H10FN3O/c13-8-4-5-9-10(7-8)11(3-1-2-6-14)15-16-12(9)17/h4-5,7H,1-3H2,(H,16,17). The van der Waals surface area contributed by atoms with E-state index in [-0.39, 0.29) is 5.56 Å². The second kappa shape index (κ2) is 4.74. The molecule has 0 fully saturated rings. The second-order valence-electron chi connectivity index (χ2n) is 3.70. The SMILES string of the molecule is N#CCCCc1n[nH]c(=O)c2ccc(F)cc12. The molecular formula is C12H10FN3O. The highest BCUT2D eigenvalue weighted by Crippen LogP contribution is 2.16. The number of nitriles is 1. The molecule has 17 heavy (non-hydrogen) atoms. The van der Waals surface area contributed by atoms with Gasteiger partial charge in [-0.1, -0.05) is 0 Å². The van der Waals surface area contributed by atoms with Crippen molar-refractivity contribution in [3.8, 4) is 6.07 Å². The molecule has 0 saturated heterocycles. The number of nitrogens with zero attached hydrogens (tertiary/aromatic N) is 2. The fourth-order valence-electron chi connectivity index (χ4n) is 1.72. The van der Waals surface area contributed by atoms with Crippen LogP contribution < -0.4 is 5.56 Å². The molecule has 1 heterocycles. The van der Waals surface area contributed by atoms with Crippen LogP contribution in [-0.2, 0) is 6.42 Å². The van der Waals surface area contributed by atoms with Crippen LogP contribution in [0.2, 0.25) is 0 Å². The van der Waals surface area contributed by atoms with Crippen molar-refractivity contribution < 1.29 is 4.39 Å². The number of fused-ring (bicyclic) bond motifs is 1. The van der Waals surface area contributed by atoms with Gasteiger partial charge < -0.3 is 0 Å². The highest BCUT2D eigenvalue weighted by atomic mass is 19.1. The summed E-state index contributed by atoms with van der Waals surface area (Å²) in [5, 5.41) is 15.7. The largest absolute Gasteiger partial charge is 0.272 e. The van der Waals surface area contributed by atoms with Crippen molar-refractivity contribution in [1.29, 1.82) is 5.26 Å². The molecule has 1 aromatic heterocycles. The molecule has 0 amide bonds. The van der Waals surface area contributed by atoms with Crippen LogP contribution in [0.4, 0.5) is 4.39 Å². The van der Waals surface area contributed by atoms with Crippen molar-refractivity contribution in [2.75, 3.05) is 0 Å². The van der Waals surface area contributed by atoms with Crippen LogP contribution in [0, 0.1) is 17.1 Å². The van der Waals surface area contributed by atoms with Crippen molar-refractivity contribution in [3.63, 3.8) is 0 Å². The zero-order valence-corrected chi connectivity index (χ0v) is 9.03. The van der Waals surface area contributed by atoms with Crippen LogP contribution in [0.5, 0.6) is 0 Å². The van der Waals surface area contributed by atoms with Crippen molar-refractivity contribution >= 4 is 10.8 Å². The van der Waals surface area contributed by atoms with E-state index in [9.17, 15) is 9.18 Å². The Balaban J connectivity index is 2.49. The molecule has 86 valence electrons. The number of aromatic amines is 1. The molecule has 2 aromatic rings. The highest BCUT2D eigenvalue weighted by Gasteiger charge is 2.07. The number of aromatic nitrogens is 2. The Hall–Kier alpha value is -2.22. The van der Waals surface area contributed by atoms with Gasteiger partial charge in [0.1, 0.15) is 5.82 Å². The lowest BCUT2D eigenvalue weighted by Gasteiger charge is -2.03. The molecule has 0 spiro atoms. The van der Waals surface area contributed by atoms with Crippen molar-refractivity contribution in [2.24, 2.45) is 0 Å². The molecule has 0 bridgehead atoms. The van der Waals surface area contributed by atoms with Gasteiger partial charge >= 0.3 is 0 Å². The van der Waals surface area contributed by atoms with Crippen LogP contribution >= 0.6 is 0 Å². The van der Waals surface area contributed by atoms with Gasteiger partial charge in [-0.3, -0.25) is 4.79 Å². The normalized spacial score (nSPS) is 10.4. The summed E-state index contributed by atoms with van der Waals surface area (Å²) >= 11 is 0. The van der Waals surface area contributed by atoms with Crippen molar-refractivity contribution in [1.82, 2.24) is 10.2 Å². The summed E-state index contributed by atoms with van der Waals surface area (Å²) in [4.78, 5) is 11.5. The molecular weight excluding hydrogens is 221 g/mol. The third-order valence-corrected chi connectivity index (χ3v) is 2.53. The van der Waals surface area contributed by atoms with Gasteiger partial charge in [0.25, 0.3) is 5.56 Å². The van der Waals surface area contributed by atoms with E-state index in [0.29, 0.717) is 35.7 Å². The fourth-order valence-corrected chi connectivity index (χ4v) is 1.72. The highest BCUT2D eigenvalue weighted by molar-refractivity contribution is 5.83. The minimum atomic E-state index is -0.397. The molecule has 0 aliphatic carbocycles. The minimum absolute atomic E-state index is 0.330. The number of H-pyrrole nitrogens is 1. The van der Waals surface area contributed by atoms with Gasteiger partial charge in [0.15, 0.2) is 0 Å². The molecule has 0 radical (unpaired) electrons. The molecule has 1 N–H and O–H groups in total. The maximum Gasteiger partial charge on any atom is 0.272 e. The Labute approximate surface area is 96.7 Å². The third kappa shape index (κ3) is 2.31. The van der Waals surface area contributed by atoms with Gasteiger partial charge in [-0.2, -0.15) is 10.4 Å². The zero-order chi connectivity index (χ0) is 12.3. The van der Waals surface area contributed by atoms with Crippen LogP contribution in [0.25, 0.3) is 10.8 Å². The number of halogens is 1. The molecule has 0 unspecified atom stereocenters. The fraction of sp³-hybridized carbons (Fsp3) is 0.250. The van der Waals surface area contributed by atoms with E-state index in [1.54, 1.807) is 0 Å². The topological polar surface area (TPSA) is 69.5 Å². The Morgan fingerprint density at radius 1 is 1.41 bits per heavy atom. The number of hydrogen-bond acceptors (Lipinski definition) is 3. The molecule has 0 aliphatic heterocycles. The predicted molar refractivity (Wildman–Crippen MR) is 60.9 cm³/mol. The lowest BCUT2D eigenvalue weighted by atomic mass is 10.1. The van der Waals surface area contributed by atoms with Crippen LogP contribution in [-0.4, -0.2) is 10.2 Å². The van der Waals surface area contributed by atoms with E-state index in [1.807, 2.05) is 6.07 Å². The minimum Gasteiger partial charge on any atom is -0.267 e. The number of aryl methyl sites for hydroxylation is 1. The third-order valence-electron chi connectivity index (χ3n) is 2.53. The number of rotatable bonds is 3. The maximum absolute atomic E-state index is 13.1. The van der Waals surface area contributed by atoms with Crippen molar-refractivity contribution in [2.45, 2.75) is 19.3 Å². The Morgan fingerprint density at radius 2 is 2.24 bits per heavy atom. The summed E-state index contributed by atoms with van der Waals surface area (Å²) in [7, 11) is 0. The van der Waals surface area contributed by atoms with Crippen LogP contribution in [0.3, 0.4) is 0 Å². The first kappa shape index (κ1) is 11.3. The number of hydrogen-bond donors (Lipinski definition) is 1. The van der Waals surface area contributed by atoms with E-state index in [1.165, 1.54) is 18.2 Å². The lowest BCUT2D eigenvalue weighted by molar-refractivity contribution is 0.629. The summed E-state index contributed by atoms with van der Waals surface area (Å²) in [5.74, 6) is -0.397. The van der Waals surface area contributed by atoms with Crippen molar-refractivity contribution in [3.05, 3.63) is 40.1 Å².